The third kappa shape index (κ3) is 3.96. The first-order valence-corrected chi connectivity index (χ1v) is 9.08. The maximum atomic E-state index is 12.5. The molecule has 0 N–H and O–H groups in total. The fourth-order valence-electron chi connectivity index (χ4n) is 3.26. The fourth-order valence-corrected chi connectivity index (χ4v) is 3.26. The van der Waals surface area contributed by atoms with Crippen molar-refractivity contribution >= 4 is 29.2 Å². The van der Waals surface area contributed by atoms with Crippen LogP contribution in [0.2, 0.25) is 0 Å². The molecule has 1 amide bonds. The van der Waals surface area contributed by atoms with E-state index in [1.807, 2.05) is 59.5 Å². The number of carbonyl (C=O) groups excluding carboxylic acids is 1. The summed E-state index contributed by atoms with van der Waals surface area (Å²) in [6.45, 7) is 0.640. The van der Waals surface area contributed by atoms with E-state index in [1.54, 1.807) is 12.1 Å². The molecule has 0 unspecified atom stereocenters. The van der Waals surface area contributed by atoms with Gasteiger partial charge in [0.05, 0.1) is 11.5 Å². The summed E-state index contributed by atoms with van der Waals surface area (Å²) in [7, 11) is 0. The Morgan fingerprint density at radius 2 is 1.76 bits per heavy atom. The normalized spacial score (nSPS) is 14.3. The average molecular weight is 383 g/mol. The van der Waals surface area contributed by atoms with Crippen LogP contribution >= 0.6 is 0 Å². The summed E-state index contributed by atoms with van der Waals surface area (Å²) in [4.78, 5) is 29.3. The van der Waals surface area contributed by atoms with Gasteiger partial charge in [0.1, 0.15) is 5.84 Å². The number of fused-ring (bicyclic) bond motifs is 1. The predicted octanol–water partition coefficient (Wildman–Crippen LogP) is 4.60. The average Bonchev–Trinajstić information content (AvgIpc) is 3.11. The number of aliphatic imine (C=N–C) groups is 1. The third-order valence-electron chi connectivity index (χ3n) is 4.63. The molecule has 4 rings (SSSR count). The maximum Gasteiger partial charge on any atom is 0.271 e. The van der Waals surface area contributed by atoms with E-state index in [9.17, 15) is 14.9 Å². The summed E-state index contributed by atoms with van der Waals surface area (Å²) >= 11 is 0. The van der Waals surface area contributed by atoms with Crippen molar-refractivity contribution in [2.75, 3.05) is 4.90 Å². The SMILES string of the molecule is O=C(C=Cc1cccc([N+](=O)[O-])c1)N=C1c2ccccc2CN1c1ccccc1. The van der Waals surface area contributed by atoms with Gasteiger partial charge in [0.15, 0.2) is 0 Å². The lowest BCUT2D eigenvalue weighted by Crippen LogP contribution is -2.25. The highest BCUT2D eigenvalue weighted by molar-refractivity contribution is 6.18. The molecule has 1 aliphatic heterocycles. The Morgan fingerprint density at radius 3 is 2.55 bits per heavy atom. The van der Waals surface area contributed by atoms with Crippen LogP contribution in [0.5, 0.6) is 0 Å². The maximum absolute atomic E-state index is 12.5. The highest BCUT2D eigenvalue weighted by atomic mass is 16.6. The van der Waals surface area contributed by atoms with Crippen molar-refractivity contribution < 1.29 is 9.72 Å². The molecule has 0 saturated heterocycles. The molecule has 0 aromatic heterocycles. The number of non-ortho nitro benzene ring substituents is 1. The predicted molar refractivity (Wildman–Crippen MR) is 113 cm³/mol. The fraction of sp³-hybridized carbons (Fsp3) is 0.0435. The summed E-state index contributed by atoms with van der Waals surface area (Å²) in [5.41, 5.74) is 3.53. The van der Waals surface area contributed by atoms with Gasteiger partial charge in [0.2, 0.25) is 0 Å². The molecule has 0 aliphatic carbocycles. The van der Waals surface area contributed by atoms with E-state index >= 15 is 0 Å². The Labute approximate surface area is 167 Å². The van der Waals surface area contributed by atoms with E-state index in [4.69, 9.17) is 0 Å². The molecule has 0 atom stereocenters. The van der Waals surface area contributed by atoms with Gasteiger partial charge in [-0.05, 0) is 29.3 Å². The molecular formula is C23H17N3O3. The number of nitrogens with zero attached hydrogens (tertiary/aromatic N) is 3. The molecule has 3 aromatic rings. The van der Waals surface area contributed by atoms with E-state index in [2.05, 4.69) is 4.99 Å². The summed E-state index contributed by atoms with van der Waals surface area (Å²) in [6.07, 6.45) is 2.86. The molecule has 0 saturated carbocycles. The molecule has 0 spiro atoms. The van der Waals surface area contributed by atoms with Crippen molar-refractivity contribution in [1.29, 1.82) is 0 Å². The van der Waals surface area contributed by atoms with Crippen LogP contribution in [0.4, 0.5) is 11.4 Å². The quantitative estimate of drug-likeness (QED) is 0.375. The van der Waals surface area contributed by atoms with Crippen LogP contribution in [0.1, 0.15) is 16.7 Å². The number of anilines is 1. The number of rotatable bonds is 4. The number of nitro benzene ring substituents is 1. The molecule has 0 bridgehead atoms. The van der Waals surface area contributed by atoms with Crippen molar-refractivity contribution in [2.45, 2.75) is 6.54 Å². The standard InChI is InChI=1S/C23H17N3O3/c27-22(14-13-17-7-6-11-20(15-17)26(28)29)24-23-21-12-5-4-8-18(21)16-25(23)19-9-2-1-3-10-19/h1-15H,16H2. The smallest absolute Gasteiger partial charge is 0.271 e. The summed E-state index contributed by atoms with van der Waals surface area (Å²) in [5, 5.41) is 10.9. The number of amidine groups is 1. The highest BCUT2D eigenvalue weighted by Crippen LogP contribution is 2.28. The van der Waals surface area contributed by atoms with Crippen molar-refractivity contribution in [3.05, 3.63) is 112 Å². The second-order valence-electron chi connectivity index (χ2n) is 6.54. The Balaban J connectivity index is 1.64. The van der Waals surface area contributed by atoms with Crippen LogP contribution in [-0.4, -0.2) is 16.7 Å². The molecule has 6 heteroatoms. The monoisotopic (exact) mass is 383 g/mol. The second-order valence-corrected chi connectivity index (χ2v) is 6.54. The van der Waals surface area contributed by atoms with E-state index < -0.39 is 10.8 Å². The number of nitro groups is 1. The minimum absolute atomic E-state index is 0.0223. The molecule has 0 radical (unpaired) electrons. The zero-order valence-corrected chi connectivity index (χ0v) is 15.4. The first-order chi connectivity index (χ1) is 14.1. The van der Waals surface area contributed by atoms with Crippen molar-refractivity contribution in [1.82, 2.24) is 0 Å². The molecule has 142 valence electrons. The first kappa shape index (κ1) is 18.3. The van der Waals surface area contributed by atoms with Crippen LogP contribution in [0.15, 0.2) is 89.9 Å². The lowest BCUT2D eigenvalue weighted by atomic mass is 10.1. The zero-order chi connectivity index (χ0) is 20.2. The van der Waals surface area contributed by atoms with Crippen LogP contribution in [-0.2, 0) is 11.3 Å². The third-order valence-corrected chi connectivity index (χ3v) is 4.63. The molecule has 1 heterocycles. The Bertz CT molecular complexity index is 1140. The minimum atomic E-state index is -0.466. The summed E-state index contributed by atoms with van der Waals surface area (Å²) in [5.74, 6) is 0.171. The van der Waals surface area contributed by atoms with Crippen LogP contribution in [0, 0.1) is 10.1 Å². The van der Waals surface area contributed by atoms with Gasteiger partial charge in [-0.15, -0.1) is 0 Å². The summed E-state index contributed by atoms with van der Waals surface area (Å²) < 4.78 is 0. The van der Waals surface area contributed by atoms with Gasteiger partial charge in [0, 0.05) is 29.5 Å². The number of hydrogen-bond acceptors (Lipinski definition) is 3. The second kappa shape index (κ2) is 7.90. The summed E-state index contributed by atoms with van der Waals surface area (Å²) in [6, 6.07) is 23.8. The van der Waals surface area contributed by atoms with E-state index in [1.165, 1.54) is 24.3 Å². The van der Waals surface area contributed by atoms with Gasteiger partial charge in [0.25, 0.3) is 11.6 Å². The lowest BCUT2D eigenvalue weighted by molar-refractivity contribution is -0.384. The van der Waals surface area contributed by atoms with Crippen molar-refractivity contribution in [2.24, 2.45) is 4.99 Å². The zero-order valence-electron chi connectivity index (χ0n) is 15.4. The molecular weight excluding hydrogens is 366 g/mol. The van der Waals surface area contributed by atoms with Crippen molar-refractivity contribution in [3.63, 3.8) is 0 Å². The lowest BCUT2D eigenvalue weighted by Gasteiger charge is -2.18. The number of amides is 1. The van der Waals surface area contributed by atoms with Gasteiger partial charge in [-0.1, -0.05) is 54.6 Å². The molecule has 29 heavy (non-hydrogen) atoms. The van der Waals surface area contributed by atoms with Gasteiger partial charge >= 0.3 is 0 Å². The van der Waals surface area contributed by atoms with Gasteiger partial charge in [-0.2, -0.15) is 4.99 Å². The van der Waals surface area contributed by atoms with Crippen LogP contribution in [0.3, 0.4) is 0 Å². The van der Waals surface area contributed by atoms with Gasteiger partial charge in [-0.25, -0.2) is 0 Å². The van der Waals surface area contributed by atoms with Gasteiger partial charge < -0.3 is 4.90 Å². The number of carbonyl (C=O) groups is 1. The molecule has 1 aliphatic rings. The Morgan fingerprint density at radius 1 is 1.00 bits per heavy atom. The Kier molecular flexibility index (Phi) is 4.99. The number of benzene rings is 3. The number of hydrogen-bond donors (Lipinski definition) is 0. The van der Waals surface area contributed by atoms with Gasteiger partial charge in [-0.3, -0.25) is 14.9 Å². The minimum Gasteiger partial charge on any atom is -0.321 e. The van der Waals surface area contributed by atoms with E-state index in [0.29, 0.717) is 17.9 Å². The number of para-hydroxylation sites is 1. The Hall–Kier alpha value is -4.06. The topological polar surface area (TPSA) is 75.8 Å². The van der Waals surface area contributed by atoms with Crippen molar-refractivity contribution in [3.8, 4) is 0 Å². The van der Waals surface area contributed by atoms with E-state index in [-0.39, 0.29) is 5.69 Å². The van der Waals surface area contributed by atoms with E-state index in [0.717, 1.165) is 16.8 Å². The van der Waals surface area contributed by atoms with Crippen LogP contribution < -0.4 is 4.90 Å². The largest absolute Gasteiger partial charge is 0.321 e. The molecule has 6 nitrogen and oxygen atoms in total. The molecule has 3 aromatic carbocycles. The van der Waals surface area contributed by atoms with Crippen LogP contribution in [0.25, 0.3) is 6.08 Å². The molecule has 0 fully saturated rings. The first-order valence-electron chi connectivity index (χ1n) is 9.08. The highest BCUT2D eigenvalue weighted by Gasteiger charge is 2.26.